The number of amides is 1. The number of aromatic nitrogens is 2. The second-order valence-electron chi connectivity index (χ2n) is 4.96. The quantitative estimate of drug-likeness (QED) is 0.797. The normalized spacial score (nSPS) is 10.8. The number of primary amides is 1. The lowest BCUT2D eigenvalue weighted by Gasteiger charge is -2.10. The van der Waals surface area contributed by atoms with Gasteiger partial charge in [0.25, 0.3) is 0 Å². The first-order chi connectivity index (χ1) is 10.0. The van der Waals surface area contributed by atoms with Gasteiger partial charge in [-0.15, -0.1) is 0 Å². The van der Waals surface area contributed by atoms with Crippen LogP contribution in [0.25, 0.3) is 0 Å². The van der Waals surface area contributed by atoms with Crippen molar-refractivity contribution >= 4 is 17.7 Å². The van der Waals surface area contributed by atoms with E-state index in [2.05, 4.69) is 37.0 Å². The average Bonchev–Trinajstić information content (AvgIpc) is 2.81. The molecule has 2 rings (SSSR count). The van der Waals surface area contributed by atoms with Gasteiger partial charge < -0.3 is 15.4 Å². The molecule has 0 spiro atoms. The summed E-state index contributed by atoms with van der Waals surface area (Å²) in [5.74, 6) is 0.310. The van der Waals surface area contributed by atoms with Gasteiger partial charge in [0.05, 0.1) is 18.5 Å². The van der Waals surface area contributed by atoms with Crippen molar-refractivity contribution in [3.63, 3.8) is 0 Å². The minimum atomic E-state index is -0.448. The summed E-state index contributed by atoms with van der Waals surface area (Å²) in [6.07, 6.45) is 1.58. The number of hydrogen-bond donors (Lipinski definition) is 2. The van der Waals surface area contributed by atoms with Crippen LogP contribution in [0.2, 0.25) is 0 Å². The van der Waals surface area contributed by atoms with Crippen LogP contribution in [0.3, 0.4) is 0 Å². The first-order valence-electron chi connectivity index (χ1n) is 6.63. The summed E-state index contributed by atoms with van der Waals surface area (Å²) in [5.41, 5.74) is 9.52. The number of rotatable bonds is 6. The molecule has 21 heavy (non-hydrogen) atoms. The van der Waals surface area contributed by atoms with Crippen molar-refractivity contribution in [2.24, 2.45) is 5.73 Å². The van der Waals surface area contributed by atoms with E-state index in [1.54, 1.807) is 10.8 Å². The van der Waals surface area contributed by atoms with Crippen molar-refractivity contribution in [1.82, 2.24) is 9.55 Å². The lowest BCUT2D eigenvalue weighted by Crippen LogP contribution is -2.20. The fraction of sp³-hybridized carbons (Fsp3) is 0.333. The molecule has 0 aliphatic rings. The highest BCUT2D eigenvalue weighted by Crippen LogP contribution is 2.25. The van der Waals surface area contributed by atoms with Gasteiger partial charge in [0, 0.05) is 5.75 Å². The van der Waals surface area contributed by atoms with E-state index < -0.39 is 5.91 Å². The first kappa shape index (κ1) is 15.6. The van der Waals surface area contributed by atoms with Gasteiger partial charge in [0.1, 0.15) is 6.54 Å². The van der Waals surface area contributed by atoms with Gasteiger partial charge in [-0.05, 0) is 25.0 Å². The van der Waals surface area contributed by atoms with Crippen molar-refractivity contribution in [2.45, 2.75) is 37.9 Å². The Morgan fingerprint density at radius 3 is 2.86 bits per heavy atom. The number of imidazole rings is 1. The van der Waals surface area contributed by atoms with Gasteiger partial charge >= 0.3 is 0 Å². The molecule has 0 unspecified atom stereocenters. The minimum Gasteiger partial charge on any atom is -0.390 e. The summed E-state index contributed by atoms with van der Waals surface area (Å²) >= 11 is 1.53. The molecule has 0 saturated heterocycles. The third kappa shape index (κ3) is 3.86. The van der Waals surface area contributed by atoms with E-state index in [-0.39, 0.29) is 13.2 Å². The number of aliphatic hydroxyl groups excluding tert-OH is 1. The molecule has 0 radical (unpaired) electrons. The molecular formula is C15H19N3O2S. The predicted octanol–water partition coefficient (Wildman–Crippen LogP) is 1.77. The molecule has 0 aliphatic heterocycles. The Bertz CT molecular complexity index is 652. The van der Waals surface area contributed by atoms with E-state index in [0.29, 0.717) is 10.9 Å². The van der Waals surface area contributed by atoms with Crippen LogP contribution in [0, 0.1) is 13.8 Å². The lowest BCUT2D eigenvalue weighted by atomic mass is 10.1. The number of hydrogen-bond acceptors (Lipinski definition) is 4. The highest BCUT2D eigenvalue weighted by atomic mass is 32.2. The summed E-state index contributed by atoms with van der Waals surface area (Å²) in [5, 5.41) is 9.98. The Hall–Kier alpha value is -1.79. The largest absolute Gasteiger partial charge is 0.390 e. The van der Waals surface area contributed by atoms with Gasteiger partial charge in [-0.25, -0.2) is 4.98 Å². The molecule has 0 saturated carbocycles. The fourth-order valence-electron chi connectivity index (χ4n) is 2.06. The second kappa shape index (κ2) is 6.78. The first-order valence-corrected chi connectivity index (χ1v) is 7.62. The van der Waals surface area contributed by atoms with E-state index in [1.165, 1.54) is 28.5 Å². The van der Waals surface area contributed by atoms with Crippen molar-refractivity contribution < 1.29 is 9.90 Å². The van der Waals surface area contributed by atoms with Gasteiger partial charge in [-0.3, -0.25) is 4.79 Å². The molecule has 0 bridgehead atoms. The van der Waals surface area contributed by atoms with Gasteiger partial charge in [-0.1, -0.05) is 35.5 Å². The number of aliphatic hydroxyl groups is 1. The Morgan fingerprint density at radius 1 is 1.43 bits per heavy atom. The van der Waals surface area contributed by atoms with Crippen molar-refractivity contribution in [3.05, 3.63) is 46.8 Å². The van der Waals surface area contributed by atoms with E-state index in [9.17, 15) is 9.90 Å². The number of carbonyl (C=O) groups is 1. The molecule has 112 valence electrons. The standard InChI is InChI=1S/C15H19N3O2S/c1-10-3-4-11(2)12(5-10)9-21-15-17-6-13(8-19)18(15)7-14(16)20/h3-6,19H,7-9H2,1-2H3,(H2,16,20). The lowest BCUT2D eigenvalue weighted by molar-refractivity contribution is -0.118. The van der Waals surface area contributed by atoms with Crippen LogP contribution in [-0.4, -0.2) is 20.6 Å². The topological polar surface area (TPSA) is 81.1 Å². The van der Waals surface area contributed by atoms with E-state index >= 15 is 0 Å². The Kier molecular flexibility index (Phi) is 5.03. The Labute approximate surface area is 128 Å². The summed E-state index contributed by atoms with van der Waals surface area (Å²) in [7, 11) is 0. The van der Waals surface area contributed by atoms with Crippen LogP contribution in [0.4, 0.5) is 0 Å². The zero-order chi connectivity index (χ0) is 15.4. The summed E-state index contributed by atoms with van der Waals surface area (Å²) in [6, 6.07) is 6.33. The molecule has 3 N–H and O–H groups in total. The van der Waals surface area contributed by atoms with Crippen LogP contribution < -0.4 is 5.73 Å². The summed E-state index contributed by atoms with van der Waals surface area (Å²) in [6.45, 7) is 4.01. The summed E-state index contributed by atoms with van der Waals surface area (Å²) in [4.78, 5) is 15.4. The molecule has 0 aliphatic carbocycles. The molecule has 2 aromatic rings. The van der Waals surface area contributed by atoms with E-state index in [1.807, 2.05) is 0 Å². The van der Waals surface area contributed by atoms with Gasteiger partial charge in [0.15, 0.2) is 5.16 Å². The third-order valence-electron chi connectivity index (χ3n) is 3.24. The van der Waals surface area contributed by atoms with Crippen LogP contribution in [0.15, 0.2) is 29.6 Å². The number of carbonyl (C=O) groups excluding carboxylic acids is 1. The number of nitrogens with zero attached hydrogens (tertiary/aromatic N) is 2. The van der Waals surface area contributed by atoms with E-state index in [0.717, 1.165) is 5.75 Å². The van der Waals surface area contributed by atoms with Crippen LogP contribution in [0.1, 0.15) is 22.4 Å². The van der Waals surface area contributed by atoms with Crippen molar-refractivity contribution in [3.8, 4) is 0 Å². The maximum absolute atomic E-state index is 11.1. The molecule has 1 aromatic heterocycles. The highest BCUT2D eigenvalue weighted by Gasteiger charge is 2.12. The smallest absolute Gasteiger partial charge is 0.237 e. The third-order valence-corrected chi connectivity index (χ3v) is 4.28. The van der Waals surface area contributed by atoms with Crippen molar-refractivity contribution in [2.75, 3.05) is 0 Å². The predicted molar refractivity (Wildman–Crippen MR) is 82.8 cm³/mol. The SMILES string of the molecule is Cc1ccc(C)c(CSc2ncc(CO)n2CC(N)=O)c1. The van der Waals surface area contributed by atoms with Gasteiger partial charge in [0.2, 0.25) is 5.91 Å². The maximum Gasteiger partial charge on any atom is 0.237 e. The van der Waals surface area contributed by atoms with Crippen LogP contribution in [-0.2, 0) is 23.7 Å². The number of nitrogens with two attached hydrogens (primary N) is 1. The molecule has 5 nitrogen and oxygen atoms in total. The fourth-order valence-corrected chi connectivity index (χ4v) is 3.12. The molecule has 1 amide bonds. The second-order valence-corrected chi connectivity index (χ2v) is 5.90. The molecule has 1 heterocycles. The van der Waals surface area contributed by atoms with Crippen LogP contribution >= 0.6 is 11.8 Å². The summed E-state index contributed by atoms with van der Waals surface area (Å²) < 4.78 is 1.66. The van der Waals surface area contributed by atoms with E-state index in [4.69, 9.17) is 5.73 Å². The maximum atomic E-state index is 11.1. The number of aryl methyl sites for hydroxylation is 2. The molecule has 0 fully saturated rings. The highest BCUT2D eigenvalue weighted by molar-refractivity contribution is 7.98. The monoisotopic (exact) mass is 305 g/mol. The van der Waals surface area contributed by atoms with Gasteiger partial charge in [-0.2, -0.15) is 0 Å². The molecule has 6 heteroatoms. The van der Waals surface area contributed by atoms with Crippen LogP contribution in [0.5, 0.6) is 0 Å². The Balaban J connectivity index is 2.18. The number of thioether (sulfide) groups is 1. The Morgan fingerprint density at radius 2 is 2.19 bits per heavy atom. The van der Waals surface area contributed by atoms with Crippen molar-refractivity contribution in [1.29, 1.82) is 0 Å². The number of benzene rings is 1. The minimum absolute atomic E-state index is 0.0328. The zero-order valence-electron chi connectivity index (χ0n) is 12.2. The zero-order valence-corrected chi connectivity index (χ0v) is 13.0. The average molecular weight is 305 g/mol. The molecular weight excluding hydrogens is 286 g/mol. The molecule has 1 aromatic carbocycles. The molecule has 0 atom stereocenters.